The lowest BCUT2D eigenvalue weighted by atomic mass is 9.86. The van der Waals surface area contributed by atoms with E-state index in [2.05, 4.69) is 62.2 Å². The molecule has 3 nitrogen and oxygen atoms in total. The second kappa shape index (κ2) is 6.01. The van der Waals surface area contributed by atoms with Gasteiger partial charge < -0.3 is 10.2 Å². The van der Waals surface area contributed by atoms with E-state index in [0.717, 1.165) is 37.0 Å². The molecule has 1 aliphatic heterocycles. The van der Waals surface area contributed by atoms with Crippen molar-refractivity contribution in [2.75, 3.05) is 31.1 Å². The van der Waals surface area contributed by atoms with E-state index in [4.69, 9.17) is 4.98 Å². The van der Waals surface area contributed by atoms with Crippen molar-refractivity contribution in [2.24, 2.45) is 0 Å². The van der Waals surface area contributed by atoms with E-state index < -0.39 is 0 Å². The molecule has 4 heteroatoms. The van der Waals surface area contributed by atoms with Gasteiger partial charge in [-0.1, -0.05) is 45.0 Å². The fourth-order valence-electron chi connectivity index (χ4n) is 2.77. The van der Waals surface area contributed by atoms with Crippen molar-refractivity contribution >= 4 is 16.5 Å². The molecule has 3 rings (SSSR count). The molecule has 0 amide bonds. The number of nitrogens with zero attached hydrogens (tertiary/aromatic N) is 2. The molecule has 1 N–H and O–H groups in total. The highest BCUT2D eigenvalue weighted by atomic mass is 32.1. The van der Waals surface area contributed by atoms with Crippen LogP contribution in [0.3, 0.4) is 0 Å². The Morgan fingerprint density at radius 3 is 2.32 bits per heavy atom. The molecule has 0 unspecified atom stereocenters. The number of benzene rings is 1. The van der Waals surface area contributed by atoms with Gasteiger partial charge in [0, 0.05) is 36.6 Å². The number of nitrogens with one attached hydrogen (secondary N) is 1. The summed E-state index contributed by atoms with van der Waals surface area (Å²) in [5, 5.41) is 4.55. The SMILES string of the molecule is Cc1sc(N2CCNCC2)nc1-c1ccc(C(C)(C)C)cc1. The Hall–Kier alpha value is -1.39. The van der Waals surface area contributed by atoms with E-state index in [0.29, 0.717) is 0 Å². The van der Waals surface area contributed by atoms with E-state index in [1.54, 1.807) is 0 Å². The van der Waals surface area contributed by atoms with Gasteiger partial charge in [-0.2, -0.15) is 0 Å². The molecule has 1 aliphatic rings. The molecule has 0 saturated carbocycles. The minimum Gasteiger partial charge on any atom is -0.346 e. The lowest BCUT2D eigenvalue weighted by Crippen LogP contribution is -2.43. The van der Waals surface area contributed by atoms with Crippen LogP contribution in [0.5, 0.6) is 0 Å². The maximum Gasteiger partial charge on any atom is 0.186 e. The third-order valence-corrected chi connectivity index (χ3v) is 5.23. The summed E-state index contributed by atoms with van der Waals surface area (Å²) in [7, 11) is 0. The average molecular weight is 315 g/mol. The number of anilines is 1. The number of piperazine rings is 1. The number of aryl methyl sites for hydroxylation is 1. The Morgan fingerprint density at radius 2 is 1.73 bits per heavy atom. The van der Waals surface area contributed by atoms with Crippen LogP contribution in [0.4, 0.5) is 5.13 Å². The number of rotatable bonds is 2. The molecule has 1 fully saturated rings. The Bertz CT molecular complexity index is 631. The fourth-order valence-corrected chi connectivity index (χ4v) is 3.75. The Labute approximate surface area is 137 Å². The Balaban J connectivity index is 1.87. The van der Waals surface area contributed by atoms with Gasteiger partial charge in [0.05, 0.1) is 5.69 Å². The lowest BCUT2D eigenvalue weighted by Gasteiger charge is -2.26. The molecule has 0 radical (unpaired) electrons. The van der Waals surface area contributed by atoms with Crippen LogP contribution in [-0.2, 0) is 5.41 Å². The minimum atomic E-state index is 0.196. The quantitative estimate of drug-likeness (QED) is 0.913. The predicted octanol–water partition coefficient (Wildman–Crippen LogP) is 3.83. The first-order chi connectivity index (χ1) is 10.4. The topological polar surface area (TPSA) is 28.2 Å². The molecular weight excluding hydrogens is 290 g/mol. The second-order valence-corrected chi connectivity index (χ2v) is 8.15. The molecule has 0 atom stereocenters. The van der Waals surface area contributed by atoms with Crippen molar-refractivity contribution in [3.8, 4) is 11.3 Å². The van der Waals surface area contributed by atoms with Crippen LogP contribution in [0.15, 0.2) is 24.3 Å². The number of aromatic nitrogens is 1. The molecule has 1 aromatic carbocycles. The summed E-state index contributed by atoms with van der Waals surface area (Å²) < 4.78 is 0. The smallest absolute Gasteiger partial charge is 0.186 e. The first-order valence-electron chi connectivity index (χ1n) is 7.99. The summed E-state index contributed by atoms with van der Waals surface area (Å²) in [5.41, 5.74) is 3.93. The number of hydrogen-bond acceptors (Lipinski definition) is 4. The second-order valence-electron chi connectivity index (χ2n) is 6.97. The van der Waals surface area contributed by atoms with Crippen LogP contribution in [-0.4, -0.2) is 31.2 Å². The zero-order chi connectivity index (χ0) is 15.7. The van der Waals surface area contributed by atoms with Gasteiger partial charge in [-0.15, -0.1) is 11.3 Å². The number of thiazole rings is 1. The zero-order valence-corrected chi connectivity index (χ0v) is 14.8. The largest absolute Gasteiger partial charge is 0.346 e. The maximum atomic E-state index is 4.91. The van der Waals surface area contributed by atoms with E-state index in [1.807, 2.05) is 11.3 Å². The summed E-state index contributed by atoms with van der Waals surface area (Å²) in [6.45, 7) is 13.1. The number of hydrogen-bond donors (Lipinski definition) is 1. The van der Waals surface area contributed by atoms with Crippen molar-refractivity contribution in [3.63, 3.8) is 0 Å². The van der Waals surface area contributed by atoms with Crippen molar-refractivity contribution in [1.29, 1.82) is 0 Å². The standard InChI is InChI=1S/C18H25N3S/c1-13-16(14-5-7-15(8-6-14)18(2,3)4)20-17(22-13)21-11-9-19-10-12-21/h5-8,19H,9-12H2,1-4H3. The molecule has 2 heterocycles. The monoisotopic (exact) mass is 315 g/mol. The minimum absolute atomic E-state index is 0.196. The molecule has 2 aromatic rings. The molecule has 0 spiro atoms. The summed E-state index contributed by atoms with van der Waals surface area (Å²) in [5.74, 6) is 0. The van der Waals surface area contributed by atoms with Crippen LogP contribution in [0.1, 0.15) is 31.2 Å². The third kappa shape index (κ3) is 3.18. The fraction of sp³-hybridized carbons (Fsp3) is 0.500. The first-order valence-corrected chi connectivity index (χ1v) is 8.81. The van der Waals surface area contributed by atoms with E-state index in [1.165, 1.54) is 16.0 Å². The van der Waals surface area contributed by atoms with Gasteiger partial charge in [-0.25, -0.2) is 4.98 Å². The van der Waals surface area contributed by atoms with Crippen molar-refractivity contribution in [1.82, 2.24) is 10.3 Å². The molecule has 1 saturated heterocycles. The first kappa shape index (κ1) is 15.5. The van der Waals surface area contributed by atoms with Crippen molar-refractivity contribution in [3.05, 3.63) is 34.7 Å². The third-order valence-electron chi connectivity index (χ3n) is 4.20. The Kier molecular flexibility index (Phi) is 4.24. The van der Waals surface area contributed by atoms with Crippen molar-refractivity contribution < 1.29 is 0 Å². The molecule has 0 aliphatic carbocycles. The normalized spacial score (nSPS) is 16.1. The lowest BCUT2D eigenvalue weighted by molar-refractivity contribution is 0.588. The zero-order valence-electron chi connectivity index (χ0n) is 13.9. The molecule has 0 bridgehead atoms. The highest BCUT2D eigenvalue weighted by Crippen LogP contribution is 2.33. The van der Waals surface area contributed by atoms with E-state index >= 15 is 0 Å². The highest BCUT2D eigenvalue weighted by Gasteiger charge is 2.18. The average Bonchev–Trinajstić information content (AvgIpc) is 2.89. The molecule has 22 heavy (non-hydrogen) atoms. The van der Waals surface area contributed by atoms with Gasteiger partial charge in [0.2, 0.25) is 0 Å². The van der Waals surface area contributed by atoms with Gasteiger partial charge in [0.15, 0.2) is 5.13 Å². The maximum absolute atomic E-state index is 4.91. The van der Waals surface area contributed by atoms with Gasteiger partial charge in [0.25, 0.3) is 0 Å². The van der Waals surface area contributed by atoms with Crippen LogP contribution in [0.2, 0.25) is 0 Å². The summed E-state index contributed by atoms with van der Waals surface area (Å²) >= 11 is 1.81. The van der Waals surface area contributed by atoms with Gasteiger partial charge in [0.1, 0.15) is 0 Å². The van der Waals surface area contributed by atoms with Crippen LogP contribution in [0.25, 0.3) is 11.3 Å². The van der Waals surface area contributed by atoms with E-state index in [9.17, 15) is 0 Å². The summed E-state index contributed by atoms with van der Waals surface area (Å²) in [6, 6.07) is 8.89. The molecular formula is C18H25N3S. The van der Waals surface area contributed by atoms with Gasteiger partial charge in [-0.05, 0) is 17.9 Å². The van der Waals surface area contributed by atoms with Crippen LogP contribution in [0, 0.1) is 6.92 Å². The van der Waals surface area contributed by atoms with Crippen LogP contribution >= 0.6 is 11.3 Å². The molecule has 118 valence electrons. The molecule has 1 aromatic heterocycles. The highest BCUT2D eigenvalue weighted by molar-refractivity contribution is 7.16. The Morgan fingerprint density at radius 1 is 1.09 bits per heavy atom. The van der Waals surface area contributed by atoms with Crippen molar-refractivity contribution in [2.45, 2.75) is 33.1 Å². The van der Waals surface area contributed by atoms with Crippen LogP contribution < -0.4 is 10.2 Å². The predicted molar refractivity (Wildman–Crippen MR) is 96.1 cm³/mol. The van der Waals surface area contributed by atoms with Gasteiger partial charge in [-0.3, -0.25) is 0 Å². The summed E-state index contributed by atoms with van der Waals surface area (Å²) in [6.07, 6.45) is 0. The summed E-state index contributed by atoms with van der Waals surface area (Å²) in [4.78, 5) is 8.61. The van der Waals surface area contributed by atoms with Gasteiger partial charge >= 0.3 is 0 Å². The van der Waals surface area contributed by atoms with E-state index in [-0.39, 0.29) is 5.41 Å².